The van der Waals surface area contributed by atoms with Crippen LogP contribution in [-0.4, -0.2) is 80.2 Å². The summed E-state index contributed by atoms with van der Waals surface area (Å²) in [6, 6.07) is 2.69. The van der Waals surface area contributed by atoms with Crippen LogP contribution in [0.5, 0.6) is 5.75 Å². The van der Waals surface area contributed by atoms with Crippen LogP contribution in [0.15, 0.2) is 17.2 Å². The normalized spacial score (nSPS) is 15.1. The van der Waals surface area contributed by atoms with Gasteiger partial charge in [-0.3, -0.25) is 5.01 Å². The zero-order valence-electron chi connectivity index (χ0n) is 16.9. The lowest BCUT2D eigenvalue weighted by molar-refractivity contribution is -0.156. The van der Waals surface area contributed by atoms with E-state index in [0.29, 0.717) is 32.5 Å². The van der Waals surface area contributed by atoms with Crippen LogP contribution in [0.4, 0.5) is 8.78 Å². The Morgan fingerprint density at radius 1 is 1.24 bits per heavy atom. The largest absolute Gasteiger partial charge is 0.489 e. The first kappa shape index (κ1) is 25.1. The second-order valence-corrected chi connectivity index (χ2v) is 6.88. The van der Waals surface area contributed by atoms with E-state index in [1.54, 1.807) is 7.11 Å². The quantitative estimate of drug-likeness (QED) is 0.425. The van der Waals surface area contributed by atoms with Gasteiger partial charge in [0, 0.05) is 32.8 Å². The van der Waals surface area contributed by atoms with Crippen LogP contribution in [0.2, 0.25) is 0 Å². The molecule has 2 rings (SSSR count). The number of nitrogens with zero attached hydrogens (tertiary/aromatic N) is 3. The predicted molar refractivity (Wildman–Crippen MR) is 108 cm³/mol. The molecule has 0 aromatic heterocycles. The maximum absolute atomic E-state index is 14.3. The van der Waals surface area contributed by atoms with Gasteiger partial charge >= 0.3 is 5.97 Å². The van der Waals surface area contributed by atoms with Gasteiger partial charge in [-0.2, -0.15) is 9.49 Å². The molecule has 10 heteroatoms. The van der Waals surface area contributed by atoms with Crippen LogP contribution in [-0.2, 0) is 9.53 Å². The third-order valence-electron chi connectivity index (χ3n) is 5.05. The molecule has 0 bridgehead atoms. The Balaban J connectivity index is 0.00000420. The molecule has 1 aromatic rings. The lowest BCUT2D eigenvalue weighted by Gasteiger charge is -2.43. The summed E-state index contributed by atoms with van der Waals surface area (Å²) in [6.45, 7) is 2.02. The Kier molecular flexibility index (Phi) is 9.75. The number of ether oxygens (including phenoxy) is 2. The number of hydrogen-bond acceptors (Lipinski definition) is 6. The molecular formula is C19H28ClF2N3O4. The Morgan fingerprint density at radius 2 is 1.90 bits per heavy atom. The lowest BCUT2D eigenvalue weighted by atomic mass is 9.76. The molecular weight excluding hydrogens is 408 g/mol. The summed E-state index contributed by atoms with van der Waals surface area (Å²) < 4.78 is 38.9. The minimum absolute atomic E-state index is 0. The number of benzene rings is 1. The number of carbonyl (C=O) groups is 1. The minimum Gasteiger partial charge on any atom is -0.489 e. The van der Waals surface area contributed by atoms with Crippen molar-refractivity contribution in [1.82, 2.24) is 9.91 Å². The van der Waals surface area contributed by atoms with Gasteiger partial charge in [0.05, 0.1) is 12.8 Å². The van der Waals surface area contributed by atoms with Gasteiger partial charge in [-0.15, -0.1) is 12.4 Å². The maximum Gasteiger partial charge on any atom is 0.331 e. The number of hydrogen-bond donors (Lipinski definition) is 1. The molecule has 1 aliphatic carbocycles. The molecule has 0 atom stereocenters. The van der Waals surface area contributed by atoms with E-state index in [2.05, 4.69) is 5.10 Å². The first-order chi connectivity index (χ1) is 13.3. The van der Waals surface area contributed by atoms with Gasteiger partial charge < -0.3 is 19.5 Å². The average Bonchev–Trinajstić information content (AvgIpc) is 2.61. The zero-order valence-corrected chi connectivity index (χ0v) is 17.7. The van der Waals surface area contributed by atoms with Gasteiger partial charge in [-0.25, -0.2) is 9.18 Å². The van der Waals surface area contributed by atoms with Crippen LogP contribution >= 0.6 is 12.4 Å². The fourth-order valence-electron chi connectivity index (χ4n) is 2.88. The molecule has 0 aliphatic heterocycles. The molecule has 0 unspecified atom stereocenters. The van der Waals surface area contributed by atoms with E-state index < -0.39 is 23.1 Å². The molecule has 1 aromatic carbocycles. The van der Waals surface area contributed by atoms with E-state index in [9.17, 15) is 18.7 Å². The van der Waals surface area contributed by atoms with Crippen molar-refractivity contribution in [3.8, 4) is 5.75 Å². The van der Waals surface area contributed by atoms with Gasteiger partial charge in [0.25, 0.3) is 0 Å². The van der Waals surface area contributed by atoms with Gasteiger partial charge in [0.15, 0.2) is 17.1 Å². The number of methoxy groups -OCH3 is 1. The standard InChI is InChI=1S/C19H27F2N3O4.ClH/c1-23(9-11-27-3)10-12-28-15-6-5-14(16(20)17(15)21)13-22-24(2)19(18(25)26)7-4-8-19;/h5-6,13H,4,7-12H2,1-3H3,(H,25,26);1H/b22-13+;. The number of likely N-dealkylation sites (N-methyl/N-ethyl adjacent to an activating group) is 2. The van der Waals surface area contributed by atoms with Crippen LogP contribution in [0, 0.1) is 11.6 Å². The summed E-state index contributed by atoms with van der Waals surface area (Å²) in [5.41, 5.74) is -1.14. The second-order valence-electron chi connectivity index (χ2n) is 6.88. The Bertz CT molecular complexity index is 717. The molecule has 1 saturated carbocycles. The van der Waals surface area contributed by atoms with Gasteiger partial charge in [0.2, 0.25) is 5.82 Å². The highest BCUT2D eigenvalue weighted by atomic mass is 35.5. The van der Waals surface area contributed by atoms with Gasteiger partial charge in [-0.05, 0) is 38.4 Å². The molecule has 164 valence electrons. The van der Waals surface area contributed by atoms with Crippen LogP contribution in [0.25, 0.3) is 0 Å². The number of carboxylic acid groups (broad SMARTS) is 1. The first-order valence-corrected chi connectivity index (χ1v) is 9.11. The summed E-state index contributed by atoms with van der Waals surface area (Å²) in [6.07, 6.45) is 2.86. The van der Waals surface area contributed by atoms with Crippen LogP contribution in [0.1, 0.15) is 24.8 Å². The maximum atomic E-state index is 14.3. The van der Waals surface area contributed by atoms with Gasteiger partial charge in [-0.1, -0.05) is 0 Å². The summed E-state index contributed by atoms with van der Waals surface area (Å²) >= 11 is 0. The molecule has 1 N–H and O–H groups in total. The van der Waals surface area contributed by atoms with Gasteiger partial charge in [0.1, 0.15) is 6.61 Å². The summed E-state index contributed by atoms with van der Waals surface area (Å²) in [7, 11) is 5.01. The number of carboxylic acids is 1. The van der Waals surface area contributed by atoms with Crippen molar-refractivity contribution in [1.29, 1.82) is 0 Å². The first-order valence-electron chi connectivity index (χ1n) is 9.11. The smallest absolute Gasteiger partial charge is 0.331 e. The third-order valence-corrected chi connectivity index (χ3v) is 5.05. The molecule has 7 nitrogen and oxygen atoms in total. The van der Waals surface area contributed by atoms with Crippen molar-refractivity contribution in [3.63, 3.8) is 0 Å². The van der Waals surface area contributed by atoms with Crippen molar-refractivity contribution in [3.05, 3.63) is 29.3 Å². The number of rotatable bonds is 11. The van der Waals surface area contributed by atoms with E-state index in [4.69, 9.17) is 9.47 Å². The topological polar surface area (TPSA) is 74.6 Å². The van der Waals surface area contributed by atoms with E-state index in [1.807, 2.05) is 11.9 Å². The van der Waals surface area contributed by atoms with Crippen molar-refractivity contribution < 1.29 is 28.2 Å². The van der Waals surface area contributed by atoms with Crippen molar-refractivity contribution in [2.45, 2.75) is 24.8 Å². The van der Waals surface area contributed by atoms with E-state index in [-0.39, 0.29) is 30.3 Å². The SMILES string of the molecule is COCCN(C)CCOc1ccc(/C=N/N(C)C2(C(=O)O)CCC2)c(F)c1F.Cl. The fourth-order valence-corrected chi connectivity index (χ4v) is 2.88. The molecule has 29 heavy (non-hydrogen) atoms. The molecule has 0 spiro atoms. The highest BCUT2D eigenvalue weighted by Crippen LogP contribution is 2.37. The number of aliphatic carboxylic acids is 1. The van der Waals surface area contributed by atoms with Crippen molar-refractivity contribution in [2.24, 2.45) is 5.10 Å². The zero-order chi connectivity index (χ0) is 20.7. The molecule has 1 fully saturated rings. The fraction of sp³-hybridized carbons (Fsp3) is 0.579. The summed E-state index contributed by atoms with van der Waals surface area (Å²) in [5, 5.41) is 14.7. The molecule has 1 aliphatic rings. The minimum atomic E-state index is -1.09. The molecule has 0 heterocycles. The lowest BCUT2D eigenvalue weighted by Crippen LogP contribution is -2.55. The monoisotopic (exact) mass is 435 g/mol. The van der Waals surface area contributed by atoms with E-state index in [0.717, 1.165) is 12.6 Å². The summed E-state index contributed by atoms with van der Waals surface area (Å²) in [5.74, 6) is -3.32. The number of hydrazone groups is 1. The van der Waals surface area contributed by atoms with Crippen molar-refractivity contribution in [2.75, 3.05) is 47.5 Å². The average molecular weight is 436 g/mol. The van der Waals surface area contributed by atoms with Crippen LogP contribution < -0.4 is 4.74 Å². The highest BCUT2D eigenvalue weighted by molar-refractivity contribution is 5.85. The third kappa shape index (κ3) is 6.01. The molecule has 0 saturated heterocycles. The molecule has 0 amide bonds. The van der Waals surface area contributed by atoms with E-state index in [1.165, 1.54) is 24.2 Å². The Labute approximate surface area is 175 Å². The molecule has 0 radical (unpaired) electrons. The number of halogens is 3. The Morgan fingerprint density at radius 3 is 2.45 bits per heavy atom. The second kappa shape index (κ2) is 11.3. The summed E-state index contributed by atoms with van der Waals surface area (Å²) in [4.78, 5) is 13.4. The van der Waals surface area contributed by atoms with E-state index >= 15 is 0 Å². The predicted octanol–water partition coefficient (Wildman–Crippen LogP) is 2.62. The Hall–Kier alpha value is -1.97. The van der Waals surface area contributed by atoms with Crippen molar-refractivity contribution >= 4 is 24.6 Å². The highest BCUT2D eigenvalue weighted by Gasteiger charge is 2.48. The van der Waals surface area contributed by atoms with Crippen LogP contribution in [0.3, 0.4) is 0 Å².